The van der Waals surface area contributed by atoms with E-state index in [4.69, 9.17) is 16.3 Å². The SMILES string of the molecule is CCCCCC1CCC(c2cccc(-c3c(Cl)cccc3-c3cccc(OCC)c3)c2)CC1. The lowest BCUT2D eigenvalue weighted by molar-refractivity contribution is 0.303. The fourth-order valence-electron chi connectivity index (χ4n) is 5.39. The van der Waals surface area contributed by atoms with Crippen LogP contribution in [0.2, 0.25) is 5.02 Å². The molecule has 3 aromatic carbocycles. The van der Waals surface area contributed by atoms with Gasteiger partial charge in [0.2, 0.25) is 0 Å². The Hall–Kier alpha value is -2.25. The van der Waals surface area contributed by atoms with E-state index in [9.17, 15) is 0 Å². The van der Waals surface area contributed by atoms with Gasteiger partial charge >= 0.3 is 0 Å². The summed E-state index contributed by atoms with van der Waals surface area (Å²) >= 11 is 6.80. The highest BCUT2D eigenvalue weighted by molar-refractivity contribution is 6.34. The summed E-state index contributed by atoms with van der Waals surface area (Å²) < 4.78 is 5.75. The van der Waals surface area contributed by atoms with Crippen molar-refractivity contribution in [1.82, 2.24) is 0 Å². The summed E-state index contributed by atoms with van der Waals surface area (Å²) in [6.07, 6.45) is 10.9. The van der Waals surface area contributed by atoms with Crippen LogP contribution in [0.15, 0.2) is 66.7 Å². The van der Waals surface area contributed by atoms with Crippen molar-refractivity contribution in [1.29, 1.82) is 0 Å². The predicted molar refractivity (Wildman–Crippen MR) is 142 cm³/mol. The van der Waals surface area contributed by atoms with Crippen LogP contribution in [0.4, 0.5) is 0 Å². The largest absolute Gasteiger partial charge is 0.494 e. The van der Waals surface area contributed by atoms with Crippen molar-refractivity contribution in [3.8, 4) is 28.0 Å². The maximum atomic E-state index is 6.80. The Kier molecular flexibility index (Phi) is 8.51. The molecular formula is C31H37ClO. The third-order valence-electron chi connectivity index (χ3n) is 7.18. The molecule has 1 nitrogen and oxygen atoms in total. The molecule has 1 fully saturated rings. The first-order valence-corrected chi connectivity index (χ1v) is 13.2. The molecule has 0 spiro atoms. The lowest BCUT2D eigenvalue weighted by Crippen LogP contribution is -2.13. The van der Waals surface area contributed by atoms with E-state index >= 15 is 0 Å². The fourth-order valence-corrected chi connectivity index (χ4v) is 5.68. The van der Waals surface area contributed by atoms with Crippen LogP contribution in [0.3, 0.4) is 0 Å². The van der Waals surface area contributed by atoms with E-state index in [2.05, 4.69) is 55.5 Å². The zero-order valence-electron chi connectivity index (χ0n) is 20.2. The normalized spacial score (nSPS) is 18.3. The minimum atomic E-state index is 0.661. The average Bonchev–Trinajstić information content (AvgIpc) is 2.85. The highest BCUT2D eigenvalue weighted by Gasteiger charge is 2.23. The number of hydrogen-bond donors (Lipinski definition) is 0. The minimum absolute atomic E-state index is 0.661. The predicted octanol–water partition coefficient (Wildman–Crippen LogP) is 9.93. The minimum Gasteiger partial charge on any atom is -0.494 e. The molecule has 1 aliphatic rings. The number of halogens is 1. The first-order chi connectivity index (χ1) is 16.2. The highest BCUT2D eigenvalue weighted by atomic mass is 35.5. The molecule has 0 N–H and O–H groups in total. The van der Waals surface area contributed by atoms with Crippen LogP contribution in [0.1, 0.15) is 76.7 Å². The molecule has 174 valence electrons. The second kappa shape index (κ2) is 11.7. The van der Waals surface area contributed by atoms with Crippen molar-refractivity contribution < 1.29 is 4.74 Å². The lowest BCUT2D eigenvalue weighted by Gasteiger charge is -2.29. The van der Waals surface area contributed by atoms with E-state index < -0.39 is 0 Å². The molecule has 0 saturated heterocycles. The Balaban J connectivity index is 1.58. The maximum Gasteiger partial charge on any atom is 0.119 e. The van der Waals surface area contributed by atoms with Gasteiger partial charge in [-0.25, -0.2) is 0 Å². The summed E-state index contributed by atoms with van der Waals surface area (Å²) in [7, 11) is 0. The molecule has 4 rings (SSSR count). The molecule has 33 heavy (non-hydrogen) atoms. The standard InChI is InChI=1S/C31H37ClO/c1-3-5-6-10-23-17-19-24(20-18-23)25-11-7-13-27(21-25)31-29(15-9-16-30(31)32)26-12-8-14-28(22-26)33-4-2/h7-9,11-16,21-24H,3-6,10,17-20H2,1-2H3. The Labute approximate surface area is 205 Å². The summed E-state index contributed by atoms with van der Waals surface area (Å²) in [4.78, 5) is 0. The summed E-state index contributed by atoms with van der Waals surface area (Å²) in [5.74, 6) is 2.49. The van der Waals surface area contributed by atoms with Crippen LogP contribution in [0, 0.1) is 5.92 Å². The van der Waals surface area contributed by atoms with Crippen molar-refractivity contribution in [2.75, 3.05) is 6.61 Å². The summed E-state index contributed by atoms with van der Waals surface area (Å²) in [5, 5.41) is 0.797. The second-order valence-corrected chi connectivity index (χ2v) is 9.87. The second-order valence-electron chi connectivity index (χ2n) is 9.46. The molecule has 0 aliphatic heterocycles. The first kappa shape index (κ1) is 23.9. The average molecular weight is 461 g/mol. The smallest absolute Gasteiger partial charge is 0.119 e. The maximum absolute atomic E-state index is 6.80. The monoisotopic (exact) mass is 460 g/mol. The van der Waals surface area contributed by atoms with E-state index in [-0.39, 0.29) is 0 Å². The van der Waals surface area contributed by atoms with Crippen molar-refractivity contribution in [2.24, 2.45) is 5.92 Å². The molecule has 2 heteroatoms. The van der Waals surface area contributed by atoms with Crippen LogP contribution in [-0.2, 0) is 0 Å². The lowest BCUT2D eigenvalue weighted by atomic mass is 9.76. The zero-order valence-corrected chi connectivity index (χ0v) is 20.9. The Morgan fingerprint density at radius 1 is 0.818 bits per heavy atom. The molecule has 0 bridgehead atoms. The zero-order chi connectivity index (χ0) is 23.0. The van der Waals surface area contributed by atoms with E-state index in [0.29, 0.717) is 12.5 Å². The molecule has 1 aliphatic carbocycles. The van der Waals surface area contributed by atoms with Crippen molar-refractivity contribution in [3.63, 3.8) is 0 Å². The van der Waals surface area contributed by atoms with Gasteiger partial charge in [-0.15, -0.1) is 0 Å². The van der Waals surface area contributed by atoms with Gasteiger partial charge in [0.25, 0.3) is 0 Å². The highest BCUT2D eigenvalue weighted by Crippen LogP contribution is 2.42. The van der Waals surface area contributed by atoms with Gasteiger partial charge in [-0.1, -0.05) is 92.7 Å². The van der Waals surface area contributed by atoms with Crippen molar-refractivity contribution >= 4 is 11.6 Å². The van der Waals surface area contributed by atoms with Gasteiger partial charge in [0.05, 0.1) is 6.61 Å². The van der Waals surface area contributed by atoms with Gasteiger partial charge in [0, 0.05) is 10.6 Å². The van der Waals surface area contributed by atoms with Gasteiger partial charge in [-0.05, 0) is 84.9 Å². The molecule has 0 radical (unpaired) electrons. The molecule has 3 aromatic rings. The van der Waals surface area contributed by atoms with Gasteiger partial charge in [-0.2, -0.15) is 0 Å². The molecule has 0 heterocycles. The number of ether oxygens (including phenoxy) is 1. The number of benzene rings is 3. The fraction of sp³-hybridized carbons (Fsp3) is 0.419. The number of unbranched alkanes of at least 4 members (excludes halogenated alkanes) is 2. The topological polar surface area (TPSA) is 9.23 Å². The quantitative estimate of drug-likeness (QED) is 0.288. The molecule has 1 saturated carbocycles. The Morgan fingerprint density at radius 3 is 2.36 bits per heavy atom. The van der Waals surface area contributed by atoms with Crippen LogP contribution >= 0.6 is 11.6 Å². The van der Waals surface area contributed by atoms with Gasteiger partial charge < -0.3 is 4.74 Å². The van der Waals surface area contributed by atoms with Gasteiger partial charge in [-0.3, -0.25) is 0 Å². The van der Waals surface area contributed by atoms with Gasteiger partial charge in [0.15, 0.2) is 0 Å². The molecule has 0 unspecified atom stereocenters. The van der Waals surface area contributed by atoms with E-state index in [1.807, 2.05) is 25.1 Å². The van der Waals surface area contributed by atoms with Crippen molar-refractivity contribution in [3.05, 3.63) is 77.3 Å². The molecule has 0 amide bonds. The van der Waals surface area contributed by atoms with Crippen molar-refractivity contribution in [2.45, 2.75) is 71.1 Å². The number of rotatable bonds is 9. The first-order valence-electron chi connectivity index (χ1n) is 12.8. The van der Waals surface area contributed by atoms with Gasteiger partial charge in [0.1, 0.15) is 5.75 Å². The van der Waals surface area contributed by atoms with Crippen LogP contribution in [-0.4, -0.2) is 6.61 Å². The Morgan fingerprint density at radius 2 is 1.58 bits per heavy atom. The summed E-state index contributed by atoms with van der Waals surface area (Å²) in [5.41, 5.74) is 6.08. The third-order valence-corrected chi connectivity index (χ3v) is 7.49. The van der Waals surface area contributed by atoms with E-state index in [1.165, 1.54) is 62.5 Å². The van der Waals surface area contributed by atoms with Crippen LogP contribution in [0.5, 0.6) is 5.75 Å². The van der Waals surface area contributed by atoms with E-state index in [0.717, 1.165) is 33.4 Å². The Bertz CT molecular complexity index is 1030. The van der Waals surface area contributed by atoms with E-state index in [1.54, 1.807) is 0 Å². The van der Waals surface area contributed by atoms with Crippen LogP contribution in [0.25, 0.3) is 22.3 Å². The number of hydrogen-bond acceptors (Lipinski definition) is 1. The molecule has 0 atom stereocenters. The molecule has 0 aromatic heterocycles. The summed E-state index contributed by atoms with van der Waals surface area (Å²) in [6, 6.07) is 23.6. The summed E-state index contributed by atoms with van der Waals surface area (Å²) in [6.45, 7) is 4.97. The van der Waals surface area contributed by atoms with Crippen LogP contribution < -0.4 is 4.74 Å². The third kappa shape index (κ3) is 6.01. The molecular weight excluding hydrogens is 424 g/mol.